The molecule has 10 heteroatoms. The molecule has 0 spiro atoms. The van der Waals surface area contributed by atoms with Gasteiger partial charge >= 0.3 is 0 Å². The lowest BCUT2D eigenvalue weighted by atomic mass is 10.00. The Labute approximate surface area is 212 Å². The summed E-state index contributed by atoms with van der Waals surface area (Å²) in [6, 6.07) is 14.5. The van der Waals surface area contributed by atoms with Gasteiger partial charge in [-0.3, -0.25) is 24.4 Å². The molecule has 1 saturated heterocycles. The molecule has 1 aromatic heterocycles. The van der Waals surface area contributed by atoms with Crippen molar-refractivity contribution in [3.63, 3.8) is 0 Å². The Morgan fingerprint density at radius 3 is 2.58 bits per heavy atom. The first kappa shape index (κ1) is 25.0. The van der Waals surface area contributed by atoms with Crippen molar-refractivity contribution in [1.29, 1.82) is 5.26 Å². The van der Waals surface area contributed by atoms with Gasteiger partial charge in [0.05, 0.1) is 31.0 Å². The van der Waals surface area contributed by atoms with Gasteiger partial charge in [0.2, 0.25) is 11.8 Å². The summed E-state index contributed by atoms with van der Waals surface area (Å²) in [4.78, 5) is 37.7. The van der Waals surface area contributed by atoms with E-state index < -0.39 is 11.6 Å². The molecule has 1 aliphatic heterocycles. The summed E-state index contributed by atoms with van der Waals surface area (Å²) in [7, 11) is 1.45. The molecule has 36 heavy (non-hydrogen) atoms. The van der Waals surface area contributed by atoms with E-state index in [2.05, 4.69) is 22.2 Å². The van der Waals surface area contributed by atoms with Crippen LogP contribution in [0.2, 0.25) is 5.02 Å². The van der Waals surface area contributed by atoms with Gasteiger partial charge in [-0.1, -0.05) is 30.7 Å². The third-order valence-corrected chi connectivity index (χ3v) is 6.27. The quantitative estimate of drug-likeness (QED) is 0.449. The zero-order valence-electron chi connectivity index (χ0n) is 19.7. The molecule has 0 bridgehead atoms. The molecule has 3 aromatic rings. The van der Waals surface area contributed by atoms with Crippen LogP contribution in [0.15, 0.2) is 59.5 Å². The number of hydrogen-bond acceptors (Lipinski definition) is 6. The third kappa shape index (κ3) is 5.10. The number of benzene rings is 2. The summed E-state index contributed by atoms with van der Waals surface area (Å²) in [5.41, 5.74) is 7.76. The minimum Gasteiger partial charge on any atom is -0.495 e. The largest absolute Gasteiger partial charge is 0.495 e. The lowest BCUT2D eigenvalue weighted by Gasteiger charge is -2.20. The number of nitriles is 1. The van der Waals surface area contributed by atoms with E-state index in [1.54, 1.807) is 37.3 Å². The van der Waals surface area contributed by atoms with E-state index in [0.717, 1.165) is 5.56 Å². The predicted molar refractivity (Wildman–Crippen MR) is 135 cm³/mol. The molecule has 2 unspecified atom stereocenters. The van der Waals surface area contributed by atoms with Gasteiger partial charge in [0.25, 0.3) is 5.56 Å². The molecule has 4 rings (SSSR count). The summed E-state index contributed by atoms with van der Waals surface area (Å²) in [5.74, 6) is -0.107. The summed E-state index contributed by atoms with van der Waals surface area (Å²) in [6.07, 6.45) is 2.18. The molecule has 2 atom stereocenters. The first-order chi connectivity index (χ1) is 17.3. The Morgan fingerprint density at radius 1 is 1.22 bits per heavy atom. The van der Waals surface area contributed by atoms with E-state index in [1.807, 2.05) is 12.1 Å². The minimum atomic E-state index is -0.798. The topological polar surface area (TPSA) is 125 Å². The van der Waals surface area contributed by atoms with Crippen LogP contribution in [0.5, 0.6) is 5.75 Å². The molecular weight excluding hydrogens is 482 g/mol. The van der Waals surface area contributed by atoms with Crippen LogP contribution < -0.4 is 26.5 Å². The second kappa shape index (κ2) is 10.6. The summed E-state index contributed by atoms with van der Waals surface area (Å²) in [5, 5.41) is 12.8. The van der Waals surface area contributed by atoms with E-state index >= 15 is 0 Å². The summed E-state index contributed by atoms with van der Waals surface area (Å²) < 4.78 is 6.84. The molecule has 1 fully saturated rings. The number of carbonyl (C=O) groups is 2. The Morgan fingerprint density at radius 2 is 1.97 bits per heavy atom. The van der Waals surface area contributed by atoms with Gasteiger partial charge in [-0.15, -0.1) is 0 Å². The highest BCUT2D eigenvalue weighted by molar-refractivity contribution is 6.31. The van der Waals surface area contributed by atoms with Crippen LogP contribution in [0.3, 0.4) is 0 Å². The second-order valence-corrected chi connectivity index (χ2v) is 8.72. The van der Waals surface area contributed by atoms with Crippen molar-refractivity contribution >= 4 is 29.1 Å². The highest BCUT2D eigenvalue weighted by Gasteiger charge is 2.24. The highest BCUT2D eigenvalue weighted by Crippen LogP contribution is 2.33. The van der Waals surface area contributed by atoms with E-state index in [1.165, 1.54) is 23.9 Å². The number of hydrogen-bond donors (Lipinski definition) is 3. The van der Waals surface area contributed by atoms with Crippen LogP contribution in [0, 0.1) is 11.3 Å². The SMILES string of the molecule is CCC(C(=O)Nc1ccc(C2CC(=O)NN2)cc1)n1cc(OC)c(-c2cc(Cl)ccc2C#N)cc1=O. The van der Waals surface area contributed by atoms with Crippen molar-refractivity contribution in [3.05, 3.63) is 81.2 Å². The Kier molecular flexibility index (Phi) is 7.38. The first-order valence-electron chi connectivity index (χ1n) is 11.3. The third-order valence-electron chi connectivity index (χ3n) is 6.04. The number of nitrogens with zero attached hydrogens (tertiary/aromatic N) is 2. The van der Waals surface area contributed by atoms with Gasteiger partial charge in [0, 0.05) is 34.3 Å². The number of nitrogens with one attached hydrogen (secondary N) is 3. The molecule has 0 saturated carbocycles. The minimum absolute atomic E-state index is 0.0748. The van der Waals surface area contributed by atoms with Gasteiger partial charge in [-0.25, -0.2) is 5.43 Å². The van der Waals surface area contributed by atoms with E-state index in [4.69, 9.17) is 16.3 Å². The van der Waals surface area contributed by atoms with Crippen molar-refractivity contribution in [2.75, 3.05) is 12.4 Å². The van der Waals surface area contributed by atoms with Crippen molar-refractivity contribution in [2.24, 2.45) is 0 Å². The van der Waals surface area contributed by atoms with Crippen molar-refractivity contribution in [2.45, 2.75) is 31.8 Å². The number of methoxy groups -OCH3 is 1. The average molecular weight is 506 g/mol. The number of ether oxygens (including phenoxy) is 1. The van der Waals surface area contributed by atoms with Gasteiger partial charge in [-0.2, -0.15) is 5.26 Å². The molecular formula is C26H24ClN5O4. The highest BCUT2D eigenvalue weighted by atomic mass is 35.5. The normalized spacial score (nSPS) is 15.6. The number of carbonyl (C=O) groups excluding carboxylic acids is 2. The lowest BCUT2D eigenvalue weighted by Crippen LogP contribution is -2.32. The average Bonchev–Trinajstić information content (AvgIpc) is 3.31. The molecule has 184 valence electrons. The fraction of sp³-hybridized carbons (Fsp3) is 0.231. The smallest absolute Gasteiger partial charge is 0.252 e. The van der Waals surface area contributed by atoms with Crippen LogP contribution in [0.1, 0.15) is 43.0 Å². The Hall–Kier alpha value is -4.13. The maximum Gasteiger partial charge on any atom is 0.252 e. The molecule has 0 aliphatic carbocycles. The van der Waals surface area contributed by atoms with Gasteiger partial charge in [0.1, 0.15) is 11.8 Å². The van der Waals surface area contributed by atoms with Crippen molar-refractivity contribution in [3.8, 4) is 22.9 Å². The fourth-order valence-electron chi connectivity index (χ4n) is 4.17. The van der Waals surface area contributed by atoms with Gasteiger partial charge in [0.15, 0.2) is 0 Å². The number of anilines is 1. The number of hydrazine groups is 1. The molecule has 0 radical (unpaired) electrons. The van der Waals surface area contributed by atoms with Crippen LogP contribution in [-0.4, -0.2) is 23.5 Å². The summed E-state index contributed by atoms with van der Waals surface area (Å²) in [6.45, 7) is 1.81. The molecule has 2 amide bonds. The maximum atomic E-state index is 13.1. The van der Waals surface area contributed by atoms with Crippen molar-refractivity contribution in [1.82, 2.24) is 15.4 Å². The van der Waals surface area contributed by atoms with Gasteiger partial charge in [-0.05, 0) is 42.3 Å². The number of rotatable bonds is 7. The van der Waals surface area contributed by atoms with Crippen molar-refractivity contribution < 1.29 is 14.3 Å². The molecule has 2 heterocycles. The lowest BCUT2D eigenvalue weighted by molar-refractivity contribution is -0.120. The second-order valence-electron chi connectivity index (χ2n) is 8.29. The Balaban J connectivity index is 1.60. The number of aromatic nitrogens is 1. The van der Waals surface area contributed by atoms with E-state index in [0.29, 0.717) is 46.0 Å². The van der Waals surface area contributed by atoms with Crippen LogP contribution in [0.25, 0.3) is 11.1 Å². The molecule has 3 N–H and O–H groups in total. The number of halogens is 1. The monoisotopic (exact) mass is 505 g/mol. The van der Waals surface area contributed by atoms with E-state index in [-0.39, 0.29) is 17.9 Å². The van der Waals surface area contributed by atoms with Crippen LogP contribution >= 0.6 is 11.6 Å². The predicted octanol–water partition coefficient (Wildman–Crippen LogP) is 3.70. The molecule has 9 nitrogen and oxygen atoms in total. The number of pyridine rings is 1. The standard InChI is InChI=1S/C26H24ClN5O4/c1-3-22(26(35)29-18-8-5-15(6-9-18)21-12-24(33)31-30-21)32-14-23(36-2)20(11-25(32)34)19-10-17(27)7-4-16(19)13-28/h4-11,14,21-22,30H,3,12H2,1-2H3,(H,29,35)(H,31,33). The molecule has 1 aliphatic rings. The fourth-order valence-corrected chi connectivity index (χ4v) is 4.34. The zero-order chi connectivity index (χ0) is 25.8. The maximum absolute atomic E-state index is 13.1. The van der Waals surface area contributed by atoms with Crippen LogP contribution in [0.4, 0.5) is 5.69 Å². The van der Waals surface area contributed by atoms with Crippen LogP contribution in [-0.2, 0) is 9.59 Å². The zero-order valence-corrected chi connectivity index (χ0v) is 20.4. The first-order valence-corrected chi connectivity index (χ1v) is 11.7. The van der Waals surface area contributed by atoms with Gasteiger partial charge < -0.3 is 10.1 Å². The Bertz CT molecular complexity index is 1410. The number of amides is 2. The van der Waals surface area contributed by atoms with E-state index in [9.17, 15) is 19.6 Å². The molecule has 2 aromatic carbocycles. The summed E-state index contributed by atoms with van der Waals surface area (Å²) >= 11 is 6.13.